The van der Waals surface area contributed by atoms with Crippen molar-refractivity contribution in [2.45, 2.75) is 0 Å². The number of hydrogen-bond donors (Lipinski definition) is 2. The molecule has 0 aliphatic heterocycles. The minimum Gasteiger partial charge on any atom is -0.476 e. The van der Waals surface area contributed by atoms with Gasteiger partial charge >= 0.3 is 5.97 Å². The number of anilines is 1. The van der Waals surface area contributed by atoms with Crippen LogP contribution in [-0.2, 0) is 0 Å². The summed E-state index contributed by atoms with van der Waals surface area (Å²) in [5, 5.41) is 9.79. The van der Waals surface area contributed by atoms with Crippen molar-refractivity contribution in [3.05, 3.63) is 53.2 Å². The van der Waals surface area contributed by atoms with Gasteiger partial charge in [-0.3, -0.25) is 4.40 Å². The number of carbonyl (C=O) groups is 1. The molecule has 3 aromatic rings. The molecule has 0 aliphatic carbocycles. The summed E-state index contributed by atoms with van der Waals surface area (Å²) in [4.78, 5) is 15.5. The molecule has 0 amide bonds. The number of aromatic carboxylic acids is 1. The molecular formula is C14H10ClN3O2. The van der Waals surface area contributed by atoms with E-state index in [1.165, 1.54) is 0 Å². The zero-order valence-corrected chi connectivity index (χ0v) is 11.0. The van der Waals surface area contributed by atoms with Crippen LogP contribution < -0.4 is 5.73 Å². The van der Waals surface area contributed by atoms with Gasteiger partial charge in [-0.2, -0.15) is 0 Å². The molecule has 5 nitrogen and oxygen atoms in total. The lowest BCUT2D eigenvalue weighted by molar-refractivity contribution is 0.0693. The molecule has 0 saturated carbocycles. The molecule has 100 valence electrons. The highest BCUT2D eigenvalue weighted by atomic mass is 35.5. The topological polar surface area (TPSA) is 80.6 Å². The molecule has 0 atom stereocenters. The summed E-state index contributed by atoms with van der Waals surface area (Å²) in [6.07, 6.45) is 0. The molecule has 0 radical (unpaired) electrons. The van der Waals surface area contributed by atoms with E-state index >= 15 is 0 Å². The Hall–Kier alpha value is -2.53. The molecule has 0 unspecified atom stereocenters. The van der Waals surface area contributed by atoms with Crippen LogP contribution in [0, 0.1) is 0 Å². The number of nitrogens with two attached hydrogens (primary N) is 1. The Balaban J connectivity index is 2.39. The Labute approximate surface area is 119 Å². The summed E-state index contributed by atoms with van der Waals surface area (Å²) in [7, 11) is 0. The van der Waals surface area contributed by atoms with Gasteiger partial charge in [-0.05, 0) is 24.3 Å². The van der Waals surface area contributed by atoms with Crippen molar-refractivity contribution < 1.29 is 9.90 Å². The van der Waals surface area contributed by atoms with Gasteiger partial charge in [0.1, 0.15) is 11.6 Å². The minimum absolute atomic E-state index is 0.0349. The number of aromatic nitrogens is 2. The molecule has 0 aliphatic rings. The Morgan fingerprint density at radius 1 is 1.25 bits per heavy atom. The predicted octanol–water partition coefficient (Wildman–Crippen LogP) is 2.94. The third-order valence-electron chi connectivity index (χ3n) is 2.98. The van der Waals surface area contributed by atoms with Gasteiger partial charge < -0.3 is 10.8 Å². The average Bonchev–Trinajstić information content (AvgIpc) is 2.80. The zero-order valence-electron chi connectivity index (χ0n) is 10.2. The number of carboxylic acid groups (broad SMARTS) is 1. The number of nitrogen functional groups attached to an aromatic ring is 1. The van der Waals surface area contributed by atoms with Crippen molar-refractivity contribution in [2.24, 2.45) is 0 Å². The summed E-state index contributed by atoms with van der Waals surface area (Å²) in [6.45, 7) is 0. The first kappa shape index (κ1) is 12.5. The molecule has 2 heterocycles. The maximum atomic E-state index is 11.3. The fraction of sp³-hybridized carbons (Fsp3) is 0. The Morgan fingerprint density at radius 3 is 2.70 bits per heavy atom. The van der Waals surface area contributed by atoms with E-state index in [1.807, 2.05) is 0 Å². The number of carboxylic acids is 1. The maximum absolute atomic E-state index is 11.3. The van der Waals surface area contributed by atoms with Gasteiger partial charge in [-0.1, -0.05) is 29.8 Å². The lowest BCUT2D eigenvalue weighted by Crippen LogP contribution is -1.99. The number of hydrogen-bond acceptors (Lipinski definition) is 3. The molecule has 0 fully saturated rings. The first-order chi connectivity index (χ1) is 9.58. The van der Waals surface area contributed by atoms with E-state index < -0.39 is 5.97 Å². The van der Waals surface area contributed by atoms with Gasteiger partial charge in [0, 0.05) is 10.6 Å². The van der Waals surface area contributed by atoms with Crippen LogP contribution in [0.4, 0.5) is 5.82 Å². The zero-order chi connectivity index (χ0) is 14.3. The molecule has 6 heteroatoms. The van der Waals surface area contributed by atoms with Gasteiger partial charge in [0.15, 0.2) is 5.69 Å². The summed E-state index contributed by atoms with van der Waals surface area (Å²) in [5.74, 6) is -0.225. The highest BCUT2D eigenvalue weighted by Crippen LogP contribution is 2.27. The van der Waals surface area contributed by atoms with E-state index in [4.69, 9.17) is 17.3 Å². The molecule has 0 saturated heterocycles. The van der Waals surface area contributed by atoms with Gasteiger partial charge in [-0.25, -0.2) is 9.78 Å². The Bertz CT molecular complexity index is 826. The van der Waals surface area contributed by atoms with Crippen LogP contribution in [0.2, 0.25) is 5.02 Å². The lowest BCUT2D eigenvalue weighted by Gasteiger charge is -2.04. The SMILES string of the molecule is Nc1cccc2c(C(=O)O)nc(-c3cccc(Cl)c3)n12. The molecule has 0 bridgehead atoms. The Kier molecular flexibility index (Phi) is 2.84. The molecule has 2 aromatic heterocycles. The fourth-order valence-electron chi connectivity index (χ4n) is 2.14. The standard InChI is InChI=1S/C14H10ClN3O2/c15-9-4-1-3-8(7-9)13-17-12(14(19)20)10-5-2-6-11(16)18(10)13/h1-7H,16H2,(H,19,20). The van der Waals surface area contributed by atoms with E-state index in [-0.39, 0.29) is 5.69 Å². The molecule has 20 heavy (non-hydrogen) atoms. The van der Waals surface area contributed by atoms with E-state index in [9.17, 15) is 9.90 Å². The molecule has 3 rings (SSSR count). The third-order valence-corrected chi connectivity index (χ3v) is 3.21. The smallest absolute Gasteiger partial charge is 0.356 e. The maximum Gasteiger partial charge on any atom is 0.356 e. The van der Waals surface area contributed by atoms with Crippen LogP contribution >= 0.6 is 11.6 Å². The summed E-state index contributed by atoms with van der Waals surface area (Å²) in [6, 6.07) is 12.1. The largest absolute Gasteiger partial charge is 0.476 e. The van der Waals surface area contributed by atoms with Crippen LogP contribution in [0.1, 0.15) is 10.5 Å². The van der Waals surface area contributed by atoms with Crippen molar-refractivity contribution in [3.63, 3.8) is 0 Å². The fourth-order valence-corrected chi connectivity index (χ4v) is 2.33. The van der Waals surface area contributed by atoms with Gasteiger partial charge in [0.05, 0.1) is 5.52 Å². The minimum atomic E-state index is -1.10. The van der Waals surface area contributed by atoms with E-state index in [0.717, 1.165) is 0 Å². The number of benzene rings is 1. The van der Waals surface area contributed by atoms with Crippen LogP contribution in [0.25, 0.3) is 16.9 Å². The predicted molar refractivity (Wildman–Crippen MR) is 77.0 cm³/mol. The van der Waals surface area contributed by atoms with Crippen LogP contribution in [-0.4, -0.2) is 20.5 Å². The highest BCUT2D eigenvalue weighted by molar-refractivity contribution is 6.30. The number of nitrogens with zero attached hydrogens (tertiary/aromatic N) is 2. The summed E-state index contributed by atoms with van der Waals surface area (Å²) in [5.41, 5.74) is 7.07. The van der Waals surface area contributed by atoms with Crippen LogP contribution in [0.3, 0.4) is 0 Å². The highest BCUT2D eigenvalue weighted by Gasteiger charge is 2.18. The second-order valence-corrected chi connectivity index (χ2v) is 4.71. The third kappa shape index (κ3) is 1.88. The van der Waals surface area contributed by atoms with E-state index in [2.05, 4.69) is 4.98 Å². The first-order valence-corrected chi connectivity index (χ1v) is 6.22. The molecule has 0 spiro atoms. The molecule has 1 aromatic carbocycles. The normalized spacial score (nSPS) is 10.8. The average molecular weight is 288 g/mol. The van der Waals surface area contributed by atoms with E-state index in [1.54, 1.807) is 46.9 Å². The first-order valence-electron chi connectivity index (χ1n) is 5.84. The number of imidazole rings is 1. The second kappa shape index (κ2) is 4.54. The van der Waals surface area contributed by atoms with Crippen molar-refractivity contribution in [2.75, 3.05) is 5.73 Å². The summed E-state index contributed by atoms with van der Waals surface area (Å²) < 4.78 is 1.61. The van der Waals surface area contributed by atoms with Gasteiger partial charge in [-0.15, -0.1) is 0 Å². The monoisotopic (exact) mass is 287 g/mol. The number of halogens is 1. The molecular weight excluding hydrogens is 278 g/mol. The number of rotatable bonds is 2. The van der Waals surface area contributed by atoms with Crippen molar-refractivity contribution in [3.8, 4) is 11.4 Å². The number of pyridine rings is 1. The molecule has 3 N–H and O–H groups in total. The second-order valence-electron chi connectivity index (χ2n) is 4.27. The van der Waals surface area contributed by atoms with Crippen LogP contribution in [0.5, 0.6) is 0 Å². The van der Waals surface area contributed by atoms with Crippen molar-refractivity contribution in [1.82, 2.24) is 9.38 Å². The van der Waals surface area contributed by atoms with Crippen molar-refractivity contribution in [1.29, 1.82) is 0 Å². The van der Waals surface area contributed by atoms with E-state index in [0.29, 0.717) is 27.7 Å². The van der Waals surface area contributed by atoms with Crippen molar-refractivity contribution >= 4 is 28.9 Å². The van der Waals surface area contributed by atoms with Gasteiger partial charge in [0.25, 0.3) is 0 Å². The lowest BCUT2D eigenvalue weighted by atomic mass is 10.2. The van der Waals surface area contributed by atoms with Crippen LogP contribution in [0.15, 0.2) is 42.5 Å². The number of fused-ring (bicyclic) bond motifs is 1. The van der Waals surface area contributed by atoms with Gasteiger partial charge in [0.2, 0.25) is 0 Å². The Morgan fingerprint density at radius 2 is 2.00 bits per heavy atom. The summed E-state index contributed by atoms with van der Waals surface area (Å²) >= 11 is 5.97. The quantitative estimate of drug-likeness (QED) is 0.759.